The summed E-state index contributed by atoms with van der Waals surface area (Å²) < 4.78 is 35.2. The molecule has 0 saturated carbocycles. The topological polar surface area (TPSA) is 67.9 Å². The summed E-state index contributed by atoms with van der Waals surface area (Å²) in [4.78, 5) is 0. The number of methoxy groups -OCH3 is 1. The maximum atomic E-state index is 11.3. The number of ether oxygens (including phenoxy) is 2. The Hall–Kier alpha value is -1.31. The van der Waals surface area contributed by atoms with E-state index < -0.39 is 10.0 Å². The summed E-state index contributed by atoms with van der Waals surface area (Å²) >= 11 is 0. The van der Waals surface area contributed by atoms with Crippen molar-refractivity contribution in [3.8, 4) is 11.5 Å². The van der Waals surface area contributed by atoms with E-state index in [9.17, 15) is 8.42 Å². The van der Waals surface area contributed by atoms with Crippen LogP contribution in [-0.2, 0) is 23.0 Å². The number of hydrogen-bond acceptors (Lipinski definition) is 5. The summed E-state index contributed by atoms with van der Waals surface area (Å²) in [6.07, 6.45) is 3.10. The highest BCUT2D eigenvalue weighted by Gasteiger charge is 2.21. The molecular weight excluding hydrogens is 316 g/mol. The van der Waals surface area contributed by atoms with Crippen LogP contribution < -0.4 is 14.8 Å². The molecule has 1 N–H and O–H groups in total. The van der Waals surface area contributed by atoms with Crippen molar-refractivity contribution in [3.05, 3.63) is 23.3 Å². The zero-order chi connectivity index (χ0) is 17.0. The predicted molar refractivity (Wildman–Crippen MR) is 90.6 cm³/mol. The van der Waals surface area contributed by atoms with E-state index in [-0.39, 0.29) is 6.10 Å². The number of nitrogens with one attached hydrogen (secondary N) is 1. The second kappa shape index (κ2) is 7.51. The predicted octanol–water partition coefficient (Wildman–Crippen LogP) is 1.39. The Morgan fingerprint density at radius 2 is 2.17 bits per heavy atom. The van der Waals surface area contributed by atoms with Crippen LogP contribution in [0.4, 0.5) is 0 Å². The Morgan fingerprint density at radius 3 is 2.83 bits per heavy atom. The van der Waals surface area contributed by atoms with Gasteiger partial charge in [-0.05, 0) is 32.0 Å². The molecule has 0 aromatic heterocycles. The first kappa shape index (κ1) is 18.0. The molecule has 6 nitrogen and oxygen atoms in total. The highest BCUT2D eigenvalue weighted by molar-refractivity contribution is 7.88. The molecule has 1 aromatic rings. The van der Waals surface area contributed by atoms with Crippen molar-refractivity contribution in [2.24, 2.45) is 0 Å². The highest BCUT2D eigenvalue weighted by Crippen LogP contribution is 2.34. The zero-order valence-electron chi connectivity index (χ0n) is 14.3. The molecule has 7 heteroatoms. The molecule has 2 rings (SSSR count). The van der Waals surface area contributed by atoms with E-state index in [1.807, 2.05) is 12.1 Å². The van der Waals surface area contributed by atoms with Gasteiger partial charge in [0.2, 0.25) is 10.0 Å². The normalized spacial score (nSPS) is 17.2. The molecule has 0 amide bonds. The zero-order valence-corrected chi connectivity index (χ0v) is 15.1. The van der Waals surface area contributed by atoms with Crippen LogP contribution in [0.3, 0.4) is 0 Å². The van der Waals surface area contributed by atoms with Crippen molar-refractivity contribution in [2.75, 3.05) is 33.5 Å². The fourth-order valence-electron chi connectivity index (χ4n) is 2.63. The molecule has 1 unspecified atom stereocenters. The van der Waals surface area contributed by atoms with Gasteiger partial charge >= 0.3 is 0 Å². The van der Waals surface area contributed by atoms with Gasteiger partial charge in [-0.1, -0.05) is 0 Å². The van der Waals surface area contributed by atoms with Crippen molar-refractivity contribution in [3.63, 3.8) is 0 Å². The molecule has 0 bridgehead atoms. The Labute approximate surface area is 138 Å². The molecule has 1 atom stereocenters. The number of rotatable bonds is 8. The molecular formula is C16H26N2O4S. The standard InChI is InChI=1S/C16H26N2O4S/c1-12-8-13-9-15(21-3)14(10-16(13)22-12)11-17-6-5-7-18(2)23(4,19)20/h9-10,12,17H,5-8,11H2,1-4H3. The Bertz CT molecular complexity index is 646. The first-order valence-corrected chi connectivity index (χ1v) is 9.64. The molecule has 1 aliphatic rings. The molecule has 0 saturated heterocycles. The molecule has 23 heavy (non-hydrogen) atoms. The summed E-state index contributed by atoms with van der Waals surface area (Å²) in [6, 6.07) is 4.08. The Kier molecular flexibility index (Phi) is 5.89. The van der Waals surface area contributed by atoms with Crippen LogP contribution in [0.5, 0.6) is 11.5 Å². The van der Waals surface area contributed by atoms with Crippen molar-refractivity contribution in [1.82, 2.24) is 9.62 Å². The van der Waals surface area contributed by atoms with E-state index in [4.69, 9.17) is 9.47 Å². The molecule has 0 aliphatic carbocycles. The van der Waals surface area contributed by atoms with Crippen LogP contribution in [0.1, 0.15) is 24.5 Å². The summed E-state index contributed by atoms with van der Waals surface area (Å²) in [5, 5.41) is 3.33. The van der Waals surface area contributed by atoms with E-state index in [1.54, 1.807) is 14.2 Å². The largest absolute Gasteiger partial charge is 0.496 e. The molecule has 0 fully saturated rings. The second-order valence-electron chi connectivity index (χ2n) is 6.02. The van der Waals surface area contributed by atoms with Gasteiger partial charge < -0.3 is 14.8 Å². The lowest BCUT2D eigenvalue weighted by Crippen LogP contribution is -2.28. The van der Waals surface area contributed by atoms with Gasteiger partial charge in [-0.2, -0.15) is 0 Å². The van der Waals surface area contributed by atoms with E-state index in [0.29, 0.717) is 13.1 Å². The third kappa shape index (κ3) is 4.83. The average Bonchev–Trinajstić information content (AvgIpc) is 2.83. The Balaban J connectivity index is 1.85. The first-order chi connectivity index (χ1) is 10.8. The monoisotopic (exact) mass is 342 g/mol. The third-order valence-electron chi connectivity index (χ3n) is 4.01. The minimum atomic E-state index is -3.10. The summed E-state index contributed by atoms with van der Waals surface area (Å²) in [5.74, 6) is 1.80. The first-order valence-electron chi connectivity index (χ1n) is 7.79. The van der Waals surface area contributed by atoms with Crippen LogP contribution in [-0.4, -0.2) is 52.3 Å². The average molecular weight is 342 g/mol. The molecule has 0 spiro atoms. The van der Waals surface area contributed by atoms with E-state index in [1.165, 1.54) is 16.1 Å². The third-order valence-corrected chi connectivity index (χ3v) is 5.32. The lowest BCUT2D eigenvalue weighted by atomic mass is 10.1. The van der Waals surface area contributed by atoms with Gasteiger partial charge in [0, 0.05) is 37.7 Å². The van der Waals surface area contributed by atoms with E-state index in [2.05, 4.69) is 12.2 Å². The maximum Gasteiger partial charge on any atom is 0.210 e. The lowest BCUT2D eigenvalue weighted by Gasteiger charge is -2.15. The fraction of sp³-hybridized carbons (Fsp3) is 0.625. The van der Waals surface area contributed by atoms with Crippen molar-refractivity contribution >= 4 is 10.0 Å². The number of sulfonamides is 1. The van der Waals surface area contributed by atoms with Crippen LogP contribution in [0.15, 0.2) is 12.1 Å². The summed E-state index contributed by atoms with van der Waals surface area (Å²) in [5.41, 5.74) is 2.24. The second-order valence-corrected chi connectivity index (χ2v) is 8.11. The fourth-order valence-corrected chi connectivity index (χ4v) is 3.09. The lowest BCUT2D eigenvalue weighted by molar-refractivity contribution is 0.254. The van der Waals surface area contributed by atoms with Crippen LogP contribution >= 0.6 is 0 Å². The minimum Gasteiger partial charge on any atom is -0.496 e. The van der Waals surface area contributed by atoms with Crippen molar-refractivity contribution in [2.45, 2.75) is 32.4 Å². The van der Waals surface area contributed by atoms with Crippen molar-refractivity contribution in [1.29, 1.82) is 0 Å². The highest BCUT2D eigenvalue weighted by atomic mass is 32.2. The summed E-state index contributed by atoms with van der Waals surface area (Å²) in [7, 11) is 0.171. The summed E-state index contributed by atoms with van der Waals surface area (Å²) in [6.45, 7) is 3.96. The molecule has 1 aliphatic heterocycles. The number of nitrogens with zero attached hydrogens (tertiary/aromatic N) is 1. The van der Waals surface area contributed by atoms with Crippen LogP contribution in [0, 0.1) is 0 Å². The van der Waals surface area contributed by atoms with E-state index in [0.717, 1.165) is 36.4 Å². The van der Waals surface area contributed by atoms with Gasteiger partial charge in [-0.15, -0.1) is 0 Å². The molecule has 0 radical (unpaired) electrons. The quantitative estimate of drug-likeness (QED) is 0.723. The van der Waals surface area contributed by atoms with Gasteiger partial charge in [0.25, 0.3) is 0 Å². The van der Waals surface area contributed by atoms with Gasteiger partial charge in [-0.25, -0.2) is 12.7 Å². The van der Waals surface area contributed by atoms with Crippen LogP contribution in [0.25, 0.3) is 0 Å². The maximum absolute atomic E-state index is 11.3. The molecule has 130 valence electrons. The smallest absolute Gasteiger partial charge is 0.210 e. The minimum absolute atomic E-state index is 0.212. The van der Waals surface area contributed by atoms with Gasteiger partial charge in [0.15, 0.2) is 0 Å². The number of hydrogen-bond donors (Lipinski definition) is 1. The molecule has 1 aromatic carbocycles. The number of benzene rings is 1. The van der Waals surface area contributed by atoms with E-state index >= 15 is 0 Å². The van der Waals surface area contributed by atoms with Gasteiger partial charge in [0.1, 0.15) is 17.6 Å². The van der Waals surface area contributed by atoms with Crippen LogP contribution in [0.2, 0.25) is 0 Å². The van der Waals surface area contributed by atoms with Gasteiger partial charge in [-0.3, -0.25) is 0 Å². The Morgan fingerprint density at radius 1 is 1.43 bits per heavy atom. The van der Waals surface area contributed by atoms with Crippen molar-refractivity contribution < 1.29 is 17.9 Å². The van der Waals surface area contributed by atoms with Gasteiger partial charge in [0.05, 0.1) is 13.4 Å². The molecule has 1 heterocycles. The number of fused-ring (bicyclic) bond motifs is 1. The SMILES string of the molecule is COc1cc2c(cc1CNCCCN(C)S(C)(=O)=O)OC(C)C2.